The summed E-state index contributed by atoms with van der Waals surface area (Å²) in [6.45, 7) is 9.57. The predicted octanol–water partition coefficient (Wildman–Crippen LogP) is 0.298. The lowest BCUT2D eigenvalue weighted by Gasteiger charge is -2.27. The summed E-state index contributed by atoms with van der Waals surface area (Å²) in [4.78, 5) is 2.32. The maximum atomic E-state index is 10.00. The maximum absolute atomic E-state index is 10.00. The van der Waals surface area contributed by atoms with Crippen molar-refractivity contribution in [3.8, 4) is 11.5 Å². The fourth-order valence-corrected chi connectivity index (χ4v) is 2.59. The number of nitrogens with zero attached hydrogens (tertiary/aromatic N) is 1. The Kier molecular flexibility index (Phi) is 6.76. The fraction of sp³-hybridized carbons (Fsp3) is 0.625. The van der Waals surface area contributed by atoms with Gasteiger partial charge in [0.15, 0.2) is 11.5 Å². The second-order valence-electron chi connectivity index (χ2n) is 5.55. The van der Waals surface area contributed by atoms with E-state index in [1.807, 2.05) is 19.1 Å². The van der Waals surface area contributed by atoms with Gasteiger partial charge in [-0.1, -0.05) is 0 Å². The van der Waals surface area contributed by atoms with Crippen molar-refractivity contribution in [2.75, 3.05) is 64.4 Å². The first-order valence-corrected chi connectivity index (χ1v) is 7.97. The molecule has 22 heavy (non-hydrogen) atoms. The minimum Gasteiger partial charge on any atom is -0.504 e. The second-order valence-corrected chi connectivity index (χ2v) is 5.55. The lowest BCUT2D eigenvalue weighted by atomic mass is 10.1. The van der Waals surface area contributed by atoms with Gasteiger partial charge in [0.1, 0.15) is 0 Å². The summed E-state index contributed by atoms with van der Waals surface area (Å²) in [6, 6.07) is 3.93. The van der Waals surface area contributed by atoms with Crippen LogP contribution in [0.5, 0.6) is 11.5 Å². The first-order valence-electron chi connectivity index (χ1n) is 7.97. The third-order valence-electron chi connectivity index (χ3n) is 3.91. The van der Waals surface area contributed by atoms with E-state index < -0.39 is 0 Å². The number of anilines is 1. The van der Waals surface area contributed by atoms with E-state index in [4.69, 9.17) is 4.74 Å². The number of hydrogen-bond donors (Lipinski definition) is 4. The van der Waals surface area contributed by atoms with Gasteiger partial charge in [-0.25, -0.2) is 0 Å². The second kappa shape index (κ2) is 8.82. The minimum absolute atomic E-state index is 0.225. The van der Waals surface area contributed by atoms with E-state index in [-0.39, 0.29) is 5.75 Å². The minimum atomic E-state index is 0.225. The molecular weight excluding hydrogens is 280 g/mol. The Morgan fingerprint density at radius 2 is 1.50 bits per heavy atom. The Balaban J connectivity index is 2.09. The predicted molar refractivity (Wildman–Crippen MR) is 90.2 cm³/mol. The van der Waals surface area contributed by atoms with Gasteiger partial charge in [-0.3, -0.25) is 0 Å². The van der Waals surface area contributed by atoms with Gasteiger partial charge < -0.3 is 30.7 Å². The van der Waals surface area contributed by atoms with Gasteiger partial charge in [0.2, 0.25) is 0 Å². The van der Waals surface area contributed by atoms with E-state index in [1.54, 1.807) is 7.11 Å². The smallest absolute Gasteiger partial charge is 0.162 e. The van der Waals surface area contributed by atoms with Gasteiger partial charge in [0.05, 0.1) is 7.11 Å². The lowest BCUT2D eigenvalue weighted by molar-refractivity contribution is 0.371. The van der Waals surface area contributed by atoms with Crippen LogP contribution in [0.3, 0.4) is 0 Å². The quantitative estimate of drug-likeness (QED) is 0.630. The van der Waals surface area contributed by atoms with Crippen molar-refractivity contribution in [2.45, 2.75) is 6.92 Å². The molecule has 0 bridgehead atoms. The number of hydrogen-bond acceptors (Lipinski definition) is 6. The van der Waals surface area contributed by atoms with E-state index >= 15 is 0 Å². The molecule has 2 rings (SSSR count). The molecule has 1 aliphatic rings. The van der Waals surface area contributed by atoms with Crippen molar-refractivity contribution in [3.63, 3.8) is 0 Å². The average Bonchev–Trinajstić information content (AvgIpc) is 2.50. The molecule has 124 valence electrons. The third-order valence-corrected chi connectivity index (χ3v) is 3.91. The Labute approximate surface area is 132 Å². The number of phenolic OH excluding ortho intramolecular Hbond substituents is 1. The molecule has 0 saturated carbocycles. The molecule has 0 spiro atoms. The highest BCUT2D eigenvalue weighted by molar-refractivity contribution is 5.59. The van der Waals surface area contributed by atoms with Crippen LogP contribution in [0.15, 0.2) is 12.1 Å². The van der Waals surface area contributed by atoms with Crippen LogP contribution >= 0.6 is 0 Å². The lowest BCUT2D eigenvalue weighted by Crippen LogP contribution is -2.41. The summed E-state index contributed by atoms with van der Waals surface area (Å²) >= 11 is 0. The molecule has 1 aliphatic heterocycles. The zero-order valence-electron chi connectivity index (χ0n) is 13.6. The Morgan fingerprint density at radius 1 is 0.955 bits per heavy atom. The van der Waals surface area contributed by atoms with Gasteiger partial charge in [-0.15, -0.1) is 0 Å². The van der Waals surface area contributed by atoms with Crippen molar-refractivity contribution in [3.05, 3.63) is 17.7 Å². The standard InChI is InChI=1S/C16H28N4O2/c1-13-11-14(12-15(22-2)16(13)21)20-9-7-18-5-3-17-4-6-19-8-10-20/h11-12,17-19,21H,3-10H2,1-2H3. The molecule has 0 unspecified atom stereocenters. The average molecular weight is 308 g/mol. The molecule has 6 nitrogen and oxygen atoms in total. The SMILES string of the molecule is COc1cc(N2CCNCCNCCNCC2)cc(C)c1O. The maximum Gasteiger partial charge on any atom is 0.162 e. The summed E-state index contributed by atoms with van der Waals surface area (Å²) in [6.07, 6.45) is 0. The highest BCUT2D eigenvalue weighted by Crippen LogP contribution is 2.34. The number of nitrogens with one attached hydrogen (secondary N) is 3. The van der Waals surface area contributed by atoms with Crippen LogP contribution in [-0.2, 0) is 0 Å². The van der Waals surface area contributed by atoms with Crippen molar-refractivity contribution < 1.29 is 9.84 Å². The zero-order valence-corrected chi connectivity index (χ0v) is 13.6. The van der Waals surface area contributed by atoms with Crippen LogP contribution in [0.1, 0.15) is 5.56 Å². The van der Waals surface area contributed by atoms with E-state index in [0.717, 1.165) is 63.6 Å². The fourth-order valence-electron chi connectivity index (χ4n) is 2.59. The number of methoxy groups -OCH3 is 1. The number of aromatic hydroxyl groups is 1. The normalized spacial score (nSPS) is 18.4. The molecule has 1 heterocycles. The van der Waals surface area contributed by atoms with Gasteiger partial charge in [0.25, 0.3) is 0 Å². The molecule has 1 aromatic rings. The zero-order chi connectivity index (χ0) is 15.8. The first-order chi connectivity index (χ1) is 10.7. The molecule has 6 heteroatoms. The van der Waals surface area contributed by atoms with E-state index in [9.17, 15) is 5.11 Å². The van der Waals surface area contributed by atoms with Crippen molar-refractivity contribution in [2.24, 2.45) is 0 Å². The topological polar surface area (TPSA) is 68.8 Å². The number of benzene rings is 1. The summed E-state index contributed by atoms with van der Waals surface area (Å²) in [5, 5.41) is 20.3. The molecule has 1 fully saturated rings. The molecule has 1 aromatic carbocycles. The summed E-state index contributed by atoms with van der Waals surface area (Å²) in [7, 11) is 1.59. The number of ether oxygens (including phenoxy) is 1. The first kappa shape index (κ1) is 16.9. The van der Waals surface area contributed by atoms with Crippen LogP contribution in [0.4, 0.5) is 5.69 Å². The Hall–Kier alpha value is -1.50. The molecule has 1 saturated heterocycles. The van der Waals surface area contributed by atoms with Crippen LogP contribution < -0.4 is 25.6 Å². The molecule has 0 aliphatic carbocycles. The number of aryl methyl sites for hydroxylation is 1. The van der Waals surface area contributed by atoms with Gasteiger partial charge in [-0.2, -0.15) is 0 Å². The van der Waals surface area contributed by atoms with Crippen molar-refractivity contribution in [1.82, 2.24) is 16.0 Å². The van der Waals surface area contributed by atoms with Crippen LogP contribution in [0.25, 0.3) is 0 Å². The Morgan fingerprint density at radius 3 is 2.05 bits per heavy atom. The largest absolute Gasteiger partial charge is 0.504 e. The molecular formula is C16H28N4O2. The summed E-state index contributed by atoms with van der Waals surface area (Å²) < 4.78 is 5.28. The van der Waals surface area contributed by atoms with Crippen LogP contribution in [0, 0.1) is 6.92 Å². The highest BCUT2D eigenvalue weighted by atomic mass is 16.5. The van der Waals surface area contributed by atoms with Crippen LogP contribution in [-0.4, -0.2) is 64.6 Å². The Bertz CT molecular complexity index is 456. The molecule has 0 aromatic heterocycles. The van der Waals surface area contributed by atoms with E-state index in [2.05, 4.69) is 20.9 Å². The monoisotopic (exact) mass is 308 g/mol. The number of phenols is 1. The van der Waals surface area contributed by atoms with Gasteiger partial charge >= 0.3 is 0 Å². The third kappa shape index (κ3) is 4.76. The van der Waals surface area contributed by atoms with Gasteiger partial charge in [0, 0.05) is 64.1 Å². The van der Waals surface area contributed by atoms with Gasteiger partial charge in [-0.05, 0) is 18.6 Å². The van der Waals surface area contributed by atoms with E-state index in [0.29, 0.717) is 5.75 Å². The van der Waals surface area contributed by atoms with E-state index in [1.165, 1.54) is 0 Å². The number of rotatable bonds is 2. The van der Waals surface area contributed by atoms with Crippen molar-refractivity contribution >= 4 is 5.69 Å². The molecule has 0 radical (unpaired) electrons. The molecule has 4 N–H and O–H groups in total. The summed E-state index contributed by atoms with van der Waals surface area (Å²) in [5.74, 6) is 0.758. The van der Waals surface area contributed by atoms with Crippen molar-refractivity contribution in [1.29, 1.82) is 0 Å². The molecule has 0 atom stereocenters. The highest BCUT2D eigenvalue weighted by Gasteiger charge is 2.12. The molecule has 0 amide bonds. The van der Waals surface area contributed by atoms with Crippen LogP contribution in [0.2, 0.25) is 0 Å². The summed E-state index contributed by atoms with van der Waals surface area (Å²) in [5.41, 5.74) is 1.93.